The molecule has 2 heteroatoms. The van der Waals surface area contributed by atoms with Crippen LogP contribution in [0.1, 0.15) is 53.4 Å². The lowest BCUT2D eigenvalue weighted by atomic mass is 9.67. The van der Waals surface area contributed by atoms with Gasteiger partial charge in [0.15, 0.2) is 0 Å². The molecule has 3 unspecified atom stereocenters. The summed E-state index contributed by atoms with van der Waals surface area (Å²) in [6, 6.07) is 2.51. The SMILES string of the molecule is CCSC1CC(C(C)(C)CC)CCC1C#N. The molecule has 0 aromatic carbocycles. The highest BCUT2D eigenvalue weighted by Gasteiger charge is 2.37. The molecule has 0 aromatic heterocycles. The largest absolute Gasteiger partial charge is 0.198 e. The zero-order valence-electron chi connectivity index (χ0n) is 11.1. The maximum atomic E-state index is 9.17. The van der Waals surface area contributed by atoms with Gasteiger partial charge in [-0.2, -0.15) is 17.0 Å². The van der Waals surface area contributed by atoms with E-state index in [2.05, 4.69) is 33.8 Å². The predicted octanol–water partition coefficient (Wildman–Crippen LogP) is 4.48. The standard InChI is InChI=1S/C14H25NS/c1-5-14(3,4)12-8-7-11(10-15)13(9-12)16-6-2/h11-13H,5-9H2,1-4H3. The second-order valence-corrected chi connectivity index (χ2v) is 7.10. The summed E-state index contributed by atoms with van der Waals surface area (Å²) in [4.78, 5) is 0. The molecule has 0 saturated heterocycles. The van der Waals surface area contributed by atoms with Gasteiger partial charge in [0, 0.05) is 5.25 Å². The van der Waals surface area contributed by atoms with Crippen LogP contribution in [0.15, 0.2) is 0 Å². The normalized spacial score (nSPS) is 31.1. The molecule has 16 heavy (non-hydrogen) atoms. The lowest BCUT2D eigenvalue weighted by Gasteiger charge is -2.41. The first kappa shape index (κ1) is 13.9. The Morgan fingerprint density at radius 2 is 2.00 bits per heavy atom. The molecule has 0 bridgehead atoms. The Balaban J connectivity index is 2.65. The van der Waals surface area contributed by atoms with Gasteiger partial charge >= 0.3 is 0 Å². The average molecular weight is 239 g/mol. The fourth-order valence-corrected chi connectivity index (χ4v) is 3.90. The van der Waals surface area contributed by atoms with Crippen LogP contribution in [-0.2, 0) is 0 Å². The smallest absolute Gasteiger partial charge is 0.0667 e. The van der Waals surface area contributed by atoms with Gasteiger partial charge in [0.1, 0.15) is 0 Å². The topological polar surface area (TPSA) is 23.8 Å². The van der Waals surface area contributed by atoms with Gasteiger partial charge in [0.2, 0.25) is 0 Å². The van der Waals surface area contributed by atoms with Crippen molar-refractivity contribution in [1.29, 1.82) is 5.26 Å². The highest BCUT2D eigenvalue weighted by molar-refractivity contribution is 7.99. The van der Waals surface area contributed by atoms with Crippen LogP contribution in [0, 0.1) is 28.6 Å². The Kier molecular flexibility index (Phi) is 5.18. The van der Waals surface area contributed by atoms with E-state index in [9.17, 15) is 5.26 Å². The third-order valence-electron chi connectivity index (χ3n) is 4.35. The summed E-state index contributed by atoms with van der Waals surface area (Å²) in [6.45, 7) is 9.27. The molecule has 0 aliphatic heterocycles. The molecule has 0 N–H and O–H groups in total. The van der Waals surface area contributed by atoms with Crippen molar-refractivity contribution in [3.05, 3.63) is 0 Å². The molecule has 0 aromatic rings. The number of hydrogen-bond acceptors (Lipinski definition) is 2. The Hall–Kier alpha value is -0.160. The van der Waals surface area contributed by atoms with Crippen molar-refractivity contribution in [3.8, 4) is 6.07 Å². The molecule has 3 atom stereocenters. The summed E-state index contributed by atoms with van der Waals surface area (Å²) in [5, 5.41) is 9.75. The zero-order chi connectivity index (χ0) is 12.2. The van der Waals surface area contributed by atoms with Crippen molar-refractivity contribution in [2.24, 2.45) is 17.3 Å². The average Bonchev–Trinajstić information content (AvgIpc) is 2.29. The van der Waals surface area contributed by atoms with Gasteiger partial charge in [0.25, 0.3) is 0 Å². The Bertz CT molecular complexity index is 254. The minimum absolute atomic E-state index is 0.300. The van der Waals surface area contributed by atoms with E-state index in [-0.39, 0.29) is 0 Å². The van der Waals surface area contributed by atoms with Crippen LogP contribution in [0.4, 0.5) is 0 Å². The summed E-state index contributed by atoms with van der Waals surface area (Å²) in [6.07, 6.45) is 4.86. The first-order valence-electron chi connectivity index (χ1n) is 6.56. The molecule has 1 aliphatic rings. The number of hydrogen-bond donors (Lipinski definition) is 0. The molecule has 1 nitrogen and oxygen atoms in total. The molecule has 1 saturated carbocycles. The van der Waals surface area contributed by atoms with Crippen molar-refractivity contribution < 1.29 is 0 Å². The molecule has 1 rings (SSSR count). The Morgan fingerprint density at radius 3 is 2.50 bits per heavy atom. The predicted molar refractivity (Wildman–Crippen MR) is 72.4 cm³/mol. The van der Waals surface area contributed by atoms with Crippen LogP contribution in [0.25, 0.3) is 0 Å². The third-order valence-corrected chi connectivity index (χ3v) is 5.64. The van der Waals surface area contributed by atoms with Crippen LogP contribution in [-0.4, -0.2) is 11.0 Å². The van der Waals surface area contributed by atoms with Gasteiger partial charge < -0.3 is 0 Å². The third kappa shape index (κ3) is 3.17. The van der Waals surface area contributed by atoms with Crippen molar-refractivity contribution in [3.63, 3.8) is 0 Å². The summed E-state index contributed by atoms with van der Waals surface area (Å²) in [5.41, 5.74) is 0.451. The second kappa shape index (κ2) is 5.96. The zero-order valence-corrected chi connectivity index (χ0v) is 11.9. The van der Waals surface area contributed by atoms with Crippen LogP contribution >= 0.6 is 11.8 Å². The molecule has 92 valence electrons. The molecule has 0 radical (unpaired) electrons. The van der Waals surface area contributed by atoms with Crippen molar-refractivity contribution in [1.82, 2.24) is 0 Å². The van der Waals surface area contributed by atoms with E-state index in [1.807, 2.05) is 11.8 Å². The van der Waals surface area contributed by atoms with E-state index in [1.54, 1.807) is 0 Å². The van der Waals surface area contributed by atoms with E-state index in [0.717, 1.165) is 18.1 Å². The number of thioether (sulfide) groups is 1. The minimum atomic E-state index is 0.300. The van der Waals surface area contributed by atoms with Gasteiger partial charge in [-0.3, -0.25) is 0 Å². The van der Waals surface area contributed by atoms with E-state index >= 15 is 0 Å². The summed E-state index contributed by atoms with van der Waals surface area (Å²) < 4.78 is 0. The summed E-state index contributed by atoms with van der Waals surface area (Å²) in [7, 11) is 0. The van der Waals surface area contributed by atoms with Crippen molar-refractivity contribution >= 4 is 11.8 Å². The molecular weight excluding hydrogens is 214 g/mol. The second-order valence-electron chi connectivity index (χ2n) is 5.58. The van der Waals surface area contributed by atoms with Gasteiger partial charge in [-0.25, -0.2) is 0 Å². The van der Waals surface area contributed by atoms with Gasteiger partial charge in [-0.1, -0.05) is 34.1 Å². The lowest BCUT2D eigenvalue weighted by molar-refractivity contribution is 0.144. The Morgan fingerprint density at radius 1 is 1.31 bits per heavy atom. The van der Waals surface area contributed by atoms with Gasteiger partial charge in [-0.05, 0) is 36.3 Å². The maximum absolute atomic E-state index is 9.17. The molecule has 1 fully saturated rings. The van der Waals surface area contributed by atoms with E-state index < -0.39 is 0 Å². The highest BCUT2D eigenvalue weighted by atomic mass is 32.2. The van der Waals surface area contributed by atoms with Gasteiger partial charge in [0.05, 0.1) is 12.0 Å². The minimum Gasteiger partial charge on any atom is -0.198 e. The van der Waals surface area contributed by atoms with Crippen molar-refractivity contribution in [2.75, 3.05) is 5.75 Å². The van der Waals surface area contributed by atoms with Crippen molar-refractivity contribution in [2.45, 2.75) is 58.6 Å². The molecule has 0 spiro atoms. The Labute approximate surface area is 105 Å². The number of nitriles is 1. The first-order valence-corrected chi connectivity index (χ1v) is 7.61. The lowest BCUT2D eigenvalue weighted by Crippen LogP contribution is -2.34. The number of rotatable bonds is 4. The molecule has 0 amide bonds. The first-order chi connectivity index (χ1) is 7.55. The van der Waals surface area contributed by atoms with Gasteiger partial charge in [-0.15, -0.1) is 0 Å². The molecule has 1 aliphatic carbocycles. The fourth-order valence-electron chi connectivity index (χ4n) is 2.67. The summed E-state index contributed by atoms with van der Waals surface area (Å²) >= 11 is 1.99. The van der Waals surface area contributed by atoms with E-state index in [0.29, 0.717) is 16.6 Å². The van der Waals surface area contributed by atoms with Crippen LogP contribution < -0.4 is 0 Å². The van der Waals surface area contributed by atoms with E-state index in [1.165, 1.54) is 19.3 Å². The molecular formula is C14H25NS. The fraction of sp³-hybridized carbons (Fsp3) is 0.929. The highest BCUT2D eigenvalue weighted by Crippen LogP contribution is 2.45. The number of nitrogens with zero attached hydrogens (tertiary/aromatic N) is 1. The summed E-state index contributed by atoms with van der Waals surface area (Å²) in [5.74, 6) is 2.25. The van der Waals surface area contributed by atoms with Crippen LogP contribution in [0.5, 0.6) is 0 Å². The monoisotopic (exact) mass is 239 g/mol. The van der Waals surface area contributed by atoms with Crippen LogP contribution in [0.3, 0.4) is 0 Å². The maximum Gasteiger partial charge on any atom is 0.0667 e. The molecule has 0 heterocycles. The van der Waals surface area contributed by atoms with E-state index in [4.69, 9.17) is 0 Å². The van der Waals surface area contributed by atoms with Crippen LogP contribution in [0.2, 0.25) is 0 Å². The quantitative estimate of drug-likeness (QED) is 0.722.